The Morgan fingerprint density at radius 1 is 1.08 bits per heavy atom. The second-order valence-electron chi connectivity index (χ2n) is 5.78. The minimum Gasteiger partial charge on any atom is -0.478 e. The summed E-state index contributed by atoms with van der Waals surface area (Å²) in [5.74, 6) is -2.07. The Morgan fingerprint density at radius 2 is 1.77 bits per heavy atom. The van der Waals surface area contributed by atoms with Gasteiger partial charge in [0.1, 0.15) is 5.75 Å². The van der Waals surface area contributed by atoms with E-state index in [4.69, 9.17) is 9.84 Å². The maximum atomic E-state index is 13.0. The molecule has 1 unspecified atom stereocenters. The van der Waals surface area contributed by atoms with Crippen LogP contribution in [0.5, 0.6) is 5.75 Å². The van der Waals surface area contributed by atoms with Crippen molar-refractivity contribution in [2.75, 3.05) is 0 Å². The summed E-state index contributed by atoms with van der Waals surface area (Å²) in [6.07, 6.45) is -6.37. The lowest BCUT2D eigenvalue weighted by atomic mass is 9.97. The molecule has 2 aromatic rings. The first kappa shape index (κ1) is 17.7. The molecule has 2 aromatic carbocycles. The van der Waals surface area contributed by atoms with Crippen molar-refractivity contribution in [3.8, 4) is 5.75 Å². The van der Waals surface area contributed by atoms with E-state index < -0.39 is 23.8 Å². The van der Waals surface area contributed by atoms with E-state index in [1.165, 1.54) is 18.2 Å². The van der Waals surface area contributed by atoms with Gasteiger partial charge in [0.2, 0.25) is 6.10 Å². The molecule has 7 heteroatoms. The van der Waals surface area contributed by atoms with Gasteiger partial charge in [-0.1, -0.05) is 30.3 Å². The monoisotopic (exact) mass is 362 g/mol. The highest BCUT2D eigenvalue weighted by molar-refractivity contribution is 5.99. The quantitative estimate of drug-likeness (QED) is 0.838. The number of hydrogen-bond donors (Lipinski definition) is 1. The van der Waals surface area contributed by atoms with Gasteiger partial charge in [-0.25, -0.2) is 4.79 Å². The molecule has 0 spiro atoms. The standard InChI is InChI=1S/C19H13F3O4/c20-19(21,22)17-14(18(24)25)10-13-9-12(6-7-16(13)26-17)15(23)8-11-4-2-1-3-5-11/h1-7,9-10,17H,8H2,(H,24,25). The van der Waals surface area contributed by atoms with Crippen molar-refractivity contribution >= 4 is 17.8 Å². The van der Waals surface area contributed by atoms with Crippen molar-refractivity contribution in [2.45, 2.75) is 18.7 Å². The lowest BCUT2D eigenvalue weighted by Gasteiger charge is -2.27. The van der Waals surface area contributed by atoms with Crippen LogP contribution in [-0.2, 0) is 11.2 Å². The summed E-state index contributed by atoms with van der Waals surface area (Å²) in [6.45, 7) is 0. The fraction of sp³-hybridized carbons (Fsp3) is 0.158. The van der Waals surface area contributed by atoms with Crippen molar-refractivity contribution in [1.29, 1.82) is 0 Å². The van der Waals surface area contributed by atoms with Crippen LogP contribution in [0.2, 0.25) is 0 Å². The van der Waals surface area contributed by atoms with Crippen molar-refractivity contribution in [3.63, 3.8) is 0 Å². The van der Waals surface area contributed by atoms with Crippen LogP contribution >= 0.6 is 0 Å². The Kier molecular flexibility index (Phi) is 4.54. The summed E-state index contributed by atoms with van der Waals surface area (Å²) in [5, 5.41) is 9.06. The summed E-state index contributed by atoms with van der Waals surface area (Å²) >= 11 is 0. The molecule has 1 atom stereocenters. The van der Waals surface area contributed by atoms with Crippen LogP contribution in [0.15, 0.2) is 54.1 Å². The summed E-state index contributed by atoms with van der Waals surface area (Å²) in [6, 6.07) is 12.9. The average molecular weight is 362 g/mol. The zero-order valence-corrected chi connectivity index (χ0v) is 13.3. The fourth-order valence-corrected chi connectivity index (χ4v) is 2.68. The second-order valence-corrected chi connectivity index (χ2v) is 5.78. The number of carbonyl (C=O) groups excluding carboxylic acids is 1. The molecule has 0 bridgehead atoms. The van der Waals surface area contributed by atoms with Crippen LogP contribution < -0.4 is 4.74 Å². The highest BCUT2D eigenvalue weighted by Gasteiger charge is 2.48. The first-order valence-electron chi connectivity index (χ1n) is 7.65. The number of rotatable bonds is 4. The van der Waals surface area contributed by atoms with Crippen molar-refractivity contribution < 1.29 is 32.6 Å². The molecule has 1 heterocycles. The van der Waals surface area contributed by atoms with Crippen molar-refractivity contribution in [1.82, 2.24) is 0 Å². The number of carboxylic acids is 1. The third kappa shape index (κ3) is 3.61. The molecule has 1 N–H and O–H groups in total. The van der Waals surface area contributed by atoms with Crippen LogP contribution in [-0.4, -0.2) is 29.1 Å². The molecule has 134 valence electrons. The summed E-state index contributed by atoms with van der Waals surface area (Å²) in [5.41, 5.74) is 0.271. The zero-order chi connectivity index (χ0) is 18.9. The number of benzene rings is 2. The molecule has 1 aliphatic heterocycles. The second kappa shape index (κ2) is 6.67. The number of hydrogen-bond acceptors (Lipinski definition) is 3. The minimum atomic E-state index is -4.86. The van der Waals surface area contributed by atoms with Crippen LogP contribution in [0.25, 0.3) is 6.08 Å². The summed E-state index contributed by atoms with van der Waals surface area (Å²) < 4.78 is 43.9. The van der Waals surface area contributed by atoms with E-state index in [9.17, 15) is 22.8 Å². The summed E-state index contributed by atoms with van der Waals surface area (Å²) in [4.78, 5) is 23.5. The molecule has 0 amide bonds. The van der Waals surface area contributed by atoms with Gasteiger partial charge in [0.15, 0.2) is 5.78 Å². The highest BCUT2D eigenvalue weighted by atomic mass is 19.4. The third-order valence-corrected chi connectivity index (χ3v) is 3.92. The van der Waals surface area contributed by atoms with E-state index in [1.807, 2.05) is 6.07 Å². The lowest BCUT2D eigenvalue weighted by molar-refractivity contribution is -0.187. The van der Waals surface area contributed by atoms with Gasteiger partial charge in [-0.15, -0.1) is 0 Å². The van der Waals surface area contributed by atoms with Gasteiger partial charge in [0, 0.05) is 17.5 Å². The van der Waals surface area contributed by atoms with Gasteiger partial charge in [0.25, 0.3) is 0 Å². The van der Waals surface area contributed by atoms with Gasteiger partial charge in [-0.3, -0.25) is 4.79 Å². The molecule has 4 nitrogen and oxygen atoms in total. The number of halogens is 3. The van der Waals surface area contributed by atoms with Crippen LogP contribution in [0.1, 0.15) is 21.5 Å². The molecule has 1 aliphatic rings. The molecule has 0 saturated carbocycles. The Hall–Kier alpha value is -3.09. The number of alkyl halides is 3. The van der Waals surface area contributed by atoms with Crippen LogP contribution in [0, 0.1) is 0 Å². The molecule has 0 aromatic heterocycles. The number of aliphatic carboxylic acids is 1. The van der Waals surface area contributed by atoms with Gasteiger partial charge < -0.3 is 9.84 Å². The number of fused-ring (bicyclic) bond motifs is 1. The first-order valence-corrected chi connectivity index (χ1v) is 7.65. The SMILES string of the molecule is O=C(O)C1=Cc2cc(C(=O)Cc3ccccc3)ccc2OC1C(F)(F)F. The average Bonchev–Trinajstić information content (AvgIpc) is 2.60. The maximum Gasteiger partial charge on any atom is 0.430 e. The van der Waals surface area contributed by atoms with E-state index in [0.29, 0.717) is 0 Å². The number of carbonyl (C=O) groups is 2. The van der Waals surface area contributed by atoms with Gasteiger partial charge >= 0.3 is 12.1 Å². The van der Waals surface area contributed by atoms with E-state index in [0.717, 1.165) is 11.6 Å². The Labute approximate surface area is 146 Å². The Morgan fingerprint density at radius 3 is 2.38 bits per heavy atom. The topological polar surface area (TPSA) is 63.6 Å². The van der Waals surface area contributed by atoms with Crippen LogP contribution in [0.3, 0.4) is 0 Å². The van der Waals surface area contributed by atoms with Gasteiger partial charge in [-0.2, -0.15) is 13.2 Å². The normalized spacial score (nSPS) is 16.3. The molecule has 0 radical (unpaired) electrons. The first-order chi connectivity index (χ1) is 12.3. The molecule has 0 aliphatic carbocycles. The molecule has 26 heavy (non-hydrogen) atoms. The van der Waals surface area contributed by atoms with Gasteiger partial charge in [0.05, 0.1) is 5.57 Å². The summed E-state index contributed by atoms with van der Waals surface area (Å²) in [7, 11) is 0. The highest BCUT2D eigenvalue weighted by Crippen LogP contribution is 2.37. The van der Waals surface area contributed by atoms with Crippen molar-refractivity contribution in [2.24, 2.45) is 0 Å². The number of carboxylic acid groups (broad SMARTS) is 1. The van der Waals surface area contributed by atoms with E-state index in [-0.39, 0.29) is 29.1 Å². The number of ether oxygens (including phenoxy) is 1. The zero-order valence-electron chi connectivity index (χ0n) is 13.3. The Balaban J connectivity index is 1.92. The lowest BCUT2D eigenvalue weighted by Crippen LogP contribution is -2.40. The molecular weight excluding hydrogens is 349 g/mol. The molecular formula is C19H13F3O4. The molecule has 0 fully saturated rings. The van der Waals surface area contributed by atoms with E-state index >= 15 is 0 Å². The third-order valence-electron chi connectivity index (χ3n) is 3.92. The fourth-order valence-electron chi connectivity index (χ4n) is 2.68. The molecule has 3 rings (SSSR count). The predicted octanol–water partition coefficient (Wildman–Crippen LogP) is 3.90. The smallest absolute Gasteiger partial charge is 0.430 e. The predicted molar refractivity (Wildman–Crippen MR) is 87.0 cm³/mol. The van der Waals surface area contributed by atoms with Crippen LogP contribution in [0.4, 0.5) is 13.2 Å². The maximum absolute atomic E-state index is 13.0. The van der Waals surface area contributed by atoms with E-state index in [2.05, 4.69) is 0 Å². The number of Topliss-reactive ketones (excluding diaryl/α,β-unsaturated/α-hetero) is 1. The molecule has 0 saturated heterocycles. The van der Waals surface area contributed by atoms with E-state index in [1.54, 1.807) is 24.3 Å². The Bertz CT molecular complexity index is 885. The largest absolute Gasteiger partial charge is 0.478 e. The van der Waals surface area contributed by atoms with Crippen molar-refractivity contribution in [3.05, 3.63) is 70.8 Å². The minimum absolute atomic E-state index is 0.117. The number of ketones is 1. The van der Waals surface area contributed by atoms with Gasteiger partial charge in [-0.05, 0) is 29.8 Å².